The number of benzene rings is 1. The molecule has 0 saturated carbocycles. The molecule has 0 radical (unpaired) electrons. The van der Waals surface area contributed by atoms with Gasteiger partial charge < -0.3 is 15.2 Å². The van der Waals surface area contributed by atoms with E-state index in [9.17, 15) is 14.7 Å². The van der Waals surface area contributed by atoms with Crippen molar-refractivity contribution in [1.29, 1.82) is 0 Å². The number of hydrogen-bond donors (Lipinski definition) is 1. The summed E-state index contributed by atoms with van der Waals surface area (Å²) in [6.07, 6.45) is 0.315. The number of carboxylic acid groups (broad SMARTS) is 1. The highest BCUT2D eigenvalue weighted by atomic mass is 16.4. The first-order chi connectivity index (χ1) is 7.09. The van der Waals surface area contributed by atoms with E-state index in [0.29, 0.717) is 12.1 Å². The molecule has 0 saturated heterocycles. The molecule has 0 fully saturated rings. The molecule has 80 valence electrons. The second-order valence-electron chi connectivity index (χ2n) is 3.21. The summed E-state index contributed by atoms with van der Waals surface area (Å²) in [5.74, 6) is -1.26. The van der Waals surface area contributed by atoms with Crippen molar-refractivity contribution in [3.8, 4) is 0 Å². The van der Waals surface area contributed by atoms with E-state index in [1.54, 1.807) is 24.3 Å². The number of carbonyl (C=O) groups is 2. The molecule has 0 spiro atoms. The van der Waals surface area contributed by atoms with E-state index >= 15 is 0 Å². The van der Waals surface area contributed by atoms with Crippen molar-refractivity contribution in [3.05, 3.63) is 29.8 Å². The number of para-hydroxylation sites is 1. The first-order valence-electron chi connectivity index (χ1n) is 4.65. The van der Waals surface area contributed by atoms with Gasteiger partial charge in [-0.15, -0.1) is 0 Å². The van der Waals surface area contributed by atoms with Crippen LogP contribution in [0.1, 0.15) is 18.9 Å². The van der Waals surface area contributed by atoms with Gasteiger partial charge in [0.05, 0.1) is 0 Å². The summed E-state index contributed by atoms with van der Waals surface area (Å²) in [5, 5.41) is 13.0. The van der Waals surface area contributed by atoms with Gasteiger partial charge in [-0.3, -0.25) is 4.79 Å². The summed E-state index contributed by atoms with van der Waals surface area (Å²) in [6.45, 7) is 1.41. The molecule has 1 aromatic rings. The lowest BCUT2D eigenvalue weighted by Crippen LogP contribution is -2.22. The minimum atomic E-state index is -1.09. The van der Waals surface area contributed by atoms with E-state index in [-0.39, 0.29) is 12.3 Å². The highest BCUT2D eigenvalue weighted by molar-refractivity contribution is 5.89. The molecule has 0 atom stereocenters. The maximum atomic E-state index is 10.9. The first kappa shape index (κ1) is 11.2. The van der Waals surface area contributed by atoms with Crippen LogP contribution in [0.5, 0.6) is 0 Å². The molecular weight excluding hydrogens is 194 g/mol. The third kappa shape index (κ3) is 3.81. The number of rotatable bonds is 4. The SMILES string of the molecule is CC(=O)Nc1ccccc1CCC(=O)[O-]. The zero-order valence-electron chi connectivity index (χ0n) is 8.45. The van der Waals surface area contributed by atoms with Gasteiger partial charge >= 0.3 is 0 Å². The smallest absolute Gasteiger partial charge is 0.221 e. The van der Waals surface area contributed by atoms with E-state index in [0.717, 1.165) is 5.56 Å². The number of aryl methyl sites for hydroxylation is 1. The Morgan fingerprint density at radius 2 is 2.00 bits per heavy atom. The zero-order chi connectivity index (χ0) is 11.3. The van der Waals surface area contributed by atoms with Gasteiger partial charge in [0.15, 0.2) is 0 Å². The number of carboxylic acids is 1. The number of amides is 1. The topological polar surface area (TPSA) is 69.2 Å². The van der Waals surface area contributed by atoms with Crippen molar-refractivity contribution in [1.82, 2.24) is 0 Å². The van der Waals surface area contributed by atoms with Crippen LogP contribution in [0.4, 0.5) is 5.69 Å². The molecule has 1 aromatic carbocycles. The summed E-state index contributed by atoms with van der Waals surface area (Å²) in [6, 6.07) is 7.12. The third-order valence-corrected chi connectivity index (χ3v) is 1.93. The fourth-order valence-corrected chi connectivity index (χ4v) is 1.29. The predicted molar refractivity (Wildman–Crippen MR) is 54.1 cm³/mol. The van der Waals surface area contributed by atoms with Crippen molar-refractivity contribution in [2.75, 3.05) is 5.32 Å². The molecule has 0 aliphatic rings. The van der Waals surface area contributed by atoms with Crippen molar-refractivity contribution >= 4 is 17.6 Å². The lowest BCUT2D eigenvalue weighted by Gasteiger charge is -2.09. The van der Waals surface area contributed by atoms with Gasteiger partial charge in [0, 0.05) is 18.6 Å². The fraction of sp³-hybridized carbons (Fsp3) is 0.273. The van der Waals surface area contributed by atoms with Gasteiger partial charge in [-0.25, -0.2) is 0 Å². The second kappa shape index (κ2) is 5.14. The number of carbonyl (C=O) groups excluding carboxylic acids is 2. The minimum Gasteiger partial charge on any atom is -0.550 e. The summed E-state index contributed by atoms with van der Waals surface area (Å²) in [4.78, 5) is 21.2. The van der Waals surface area contributed by atoms with Crippen molar-refractivity contribution in [3.63, 3.8) is 0 Å². The average molecular weight is 206 g/mol. The third-order valence-electron chi connectivity index (χ3n) is 1.93. The van der Waals surface area contributed by atoms with Gasteiger partial charge in [-0.2, -0.15) is 0 Å². The lowest BCUT2D eigenvalue weighted by atomic mass is 10.1. The van der Waals surface area contributed by atoms with Crippen LogP contribution in [0, 0.1) is 0 Å². The van der Waals surface area contributed by atoms with E-state index in [1.807, 2.05) is 0 Å². The van der Waals surface area contributed by atoms with Crippen LogP contribution >= 0.6 is 0 Å². The van der Waals surface area contributed by atoms with E-state index in [2.05, 4.69) is 5.32 Å². The Balaban J connectivity index is 2.76. The van der Waals surface area contributed by atoms with E-state index in [1.165, 1.54) is 6.92 Å². The Hall–Kier alpha value is -1.84. The maximum absolute atomic E-state index is 10.9. The number of anilines is 1. The van der Waals surface area contributed by atoms with Crippen LogP contribution < -0.4 is 10.4 Å². The number of aliphatic carboxylic acids is 1. The van der Waals surface area contributed by atoms with Gasteiger partial charge in [-0.1, -0.05) is 18.2 Å². The fourth-order valence-electron chi connectivity index (χ4n) is 1.29. The molecule has 1 amide bonds. The Bertz CT molecular complexity index is 374. The molecule has 0 aliphatic carbocycles. The Morgan fingerprint density at radius 1 is 1.33 bits per heavy atom. The minimum absolute atomic E-state index is 0.0450. The van der Waals surface area contributed by atoms with Crippen LogP contribution in [0.3, 0.4) is 0 Å². The standard InChI is InChI=1S/C11H13NO3/c1-8(13)12-10-5-3-2-4-9(10)6-7-11(14)15/h2-5H,6-7H2,1H3,(H,12,13)(H,14,15)/p-1. The van der Waals surface area contributed by atoms with E-state index < -0.39 is 5.97 Å². The molecule has 0 aliphatic heterocycles. The highest BCUT2D eigenvalue weighted by Gasteiger charge is 2.02. The van der Waals surface area contributed by atoms with Crippen LogP contribution in [0.25, 0.3) is 0 Å². The van der Waals surface area contributed by atoms with Crippen molar-refractivity contribution < 1.29 is 14.7 Å². The van der Waals surface area contributed by atoms with E-state index in [4.69, 9.17) is 0 Å². The monoisotopic (exact) mass is 206 g/mol. The molecule has 15 heavy (non-hydrogen) atoms. The van der Waals surface area contributed by atoms with Crippen molar-refractivity contribution in [2.24, 2.45) is 0 Å². The summed E-state index contributed by atoms with van der Waals surface area (Å²) in [5.41, 5.74) is 1.46. The molecule has 0 heterocycles. The highest BCUT2D eigenvalue weighted by Crippen LogP contribution is 2.16. The Labute approximate surface area is 87.9 Å². The molecular formula is C11H12NO3-. The average Bonchev–Trinajstić information content (AvgIpc) is 2.15. The maximum Gasteiger partial charge on any atom is 0.221 e. The van der Waals surface area contributed by atoms with Gasteiger partial charge in [0.1, 0.15) is 0 Å². The normalized spacial score (nSPS) is 9.67. The van der Waals surface area contributed by atoms with Gasteiger partial charge in [-0.05, 0) is 24.5 Å². The molecule has 4 heteroatoms. The molecule has 4 nitrogen and oxygen atoms in total. The summed E-state index contributed by atoms with van der Waals surface area (Å²) in [7, 11) is 0. The van der Waals surface area contributed by atoms with Crippen LogP contribution in [0.2, 0.25) is 0 Å². The van der Waals surface area contributed by atoms with Crippen LogP contribution in [0.15, 0.2) is 24.3 Å². The first-order valence-corrected chi connectivity index (χ1v) is 4.65. The second-order valence-corrected chi connectivity index (χ2v) is 3.21. The number of hydrogen-bond acceptors (Lipinski definition) is 3. The van der Waals surface area contributed by atoms with Gasteiger partial charge in [0.2, 0.25) is 5.91 Å². The molecule has 0 bridgehead atoms. The summed E-state index contributed by atoms with van der Waals surface area (Å²) >= 11 is 0. The largest absolute Gasteiger partial charge is 0.550 e. The Kier molecular flexibility index (Phi) is 3.85. The summed E-state index contributed by atoms with van der Waals surface area (Å²) < 4.78 is 0. The lowest BCUT2D eigenvalue weighted by molar-refractivity contribution is -0.305. The zero-order valence-corrected chi connectivity index (χ0v) is 8.45. The quantitative estimate of drug-likeness (QED) is 0.771. The van der Waals surface area contributed by atoms with Crippen molar-refractivity contribution in [2.45, 2.75) is 19.8 Å². The van der Waals surface area contributed by atoms with Crippen LogP contribution in [-0.2, 0) is 16.0 Å². The molecule has 0 aromatic heterocycles. The van der Waals surface area contributed by atoms with Crippen LogP contribution in [-0.4, -0.2) is 11.9 Å². The molecule has 1 N–H and O–H groups in total. The predicted octanol–water partition coefficient (Wildman–Crippen LogP) is 0.327. The molecule has 0 unspecified atom stereocenters. The Morgan fingerprint density at radius 3 is 2.60 bits per heavy atom. The number of nitrogens with one attached hydrogen (secondary N) is 1. The van der Waals surface area contributed by atoms with Gasteiger partial charge in [0.25, 0.3) is 0 Å². The molecule has 1 rings (SSSR count).